The number of ether oxygens (including phenoxy) is 1. The van der Waals surface area contributed by atoms with Crippen molar-refractivity contribution in [3.8, 4) is 5.75 Å². The number of hydrogen-bond donors (Lipinski definition) is 0. The zero-order valence-corrected chi connectivity index (χ0v) is 18.0. The summed E-state index contributed by atoms with van der Waals surface area (Å²) in [6, 6.07) is 12.8. The van der Waals surface area contributed by atoms with Crippen LogP contribution >= 0.6 is 0 Å². The number of carbonyl (C=O) groups excluding carboxylic acids is 2. The summed E-state index contributed by atoms with van der Waals surface area (Å²) < 4.78 is 5.81. The molecule has 2 amide bonds. The molecule has 166 valence electrons. The van der Waals surface area contributed by atoms with E-state index in [-0.39, 0.29) is 11.3 Å². The van der Waals surface area contributed by atoms with Gasteiger partial charge in [-0.25, -0.2) is 4.90 Å². The van der Waals surface area contributed by atoms with Gasteiger partial charge >= 0.3 is 0 Å². The van der Waals surface area contributed by atoms with Gasteiger partial charge < -0.3 is 9.64 Å². The van der Waals surface area contributed by atoms with Crippen LogP contribution in [0.4, 0.5) is 11.4 Å². The Kier molecular flexibility index (Phi) is 6.20. The summed E-state index contributed by atoms with van der Waals surface area (Å²) in [5.74, 6) is -0.367. The van der Waals surface area contributed by atoms with Gasteiger partial charge in [0.25, 0.3) is 17.5 Å². The van der Waals surface area contributed by atoms with Gasteiger partial charge in [-0.3, -0.25) is 19.7 Å². The summed E-state index contributed by atoms with van der Waals surface area (Å²) >= 11 is 0. The molecule has 8 heteroatoms. The third-order valence-corrected chi connectivity index (χ3v) is 5.67. The minimum atomic E-state index is -0.487. The van der Waals surface area contributed by atoms with Crippen LogP contribution in [-0.2, 0) is 9.59 Å². The van der Waals surface area contributed by atoms with Crippen molar-refractivity contribution in [2.24, 2.45) is 0 Å². The Morgan fingerprint density at radius 3 is 2.31 bits per heavy atom. The molecule has 0 spiro atoms. The lowest BCUT2D eigenvalue weighted by molar-refractivity contribution is -0.384. The first-order valence-corrected chi connectivity index (χ1v) is 10.9. The second-order valence-corrected chi connectivity index (χ2v) is 7.84. The van der Waals surface area contributed by atoms with Gasteiger partial charge in [0.1, 0.15) is 11.4 Å². The molecule has 1 fully saturated rings. The number of anilines is 1. The maximum Gasteiger partial charge on any atom is 0.282 e. The summed E-state index contributed by atoms with van der Waals surface area (Å²) in [7, 11) is 0. The van der Waals surface area contributed by atoms with Crippen molar-refractivity contribution in [1.82, 2.24) is 4.90 Å². The van der Waals surface area contributed by atoms with Crippen molar-refractivity contribution in [2.45, 2.75) is 32.6 Å². The number of hydrogen-bond acceptors (Lipinski definition) is 6. The fourth-order valence-corrected chi connectivity index (χ4v) is 4.13. The Labute approximate surface area is 186 Å². The quantitative estimate of drug-likeness (QED) is 0.368. The molecule has 0 aliphatic carbocycles. The molecule has 2 aliphatic heterocycles. The number of amides is 2. The van der Waals surface area contributed by atoms with E-state index >= 15 is 0 Å². The molecule has 0 aromatic heterocycles. The summed E-state index contributed by atoms with van der Waals surface area (Å²) in [6.07, 6.45) is 3.75. The van der Waals surface area contributed by atoms with Crippen molar-refractivity contribution >= 4 is 28.8 Å². The van der Waals surface area contributed by atoms with Crippen LogP contribution in [0, 0.1) is 10.1 Å². The summed E-state index contributed by atoms with van der Waals surface area (Å²) in [6.45, 7) is 3.83. The van der Waals surface area contributed by atoms with Gasteiger partial charge in [0.2, 0.25) is 0 Å². The van der Waals surface area contributed by atoms with Gasteiger partial charge in [0.05, 0.1) is 22.8 Å². The number of non-ortho nitro benzene ring substituents is 1. The predicted octanol–water partition coefficient (Wildman–Crippen LogP) is 4.15. The Morgan fingerprint density at radius 1 is 0.969 bits per heavy atom. The first-order chi connectivity index (χ1) is 15.5. The lowest BCUT2D eigenvalue weighted by atomic mass is 10.0. The molecule has 2 aliphatic rings. The number of benzene rings is 2. The Bertz CT molecular complexity index is 1070. The molecule has 0 N–H and O–H groups in total. The largest absolute Gasteiger partial charge is 0.491 e. The zero-order chi connectivity index (χ0) is 22.7. The van der Waals surface area contributed by atoms with Crippen molar-refractivity contribution in [3.63, 3.8) is 0 Å². The monoisotopic (exact) mass is 435 g/mol. The predicted molar refractivity (Wildman–Crippen MR) is 120 cm³/mol. The number of nitro groups is 1. The molecule has 2 heterocycles. The highest BCUT2D eigenvalue weighted by Gasteiger charge is 2.43. The van der Waals surface area contributed by atoms with Gasteiger partial charge in [0, 0.05) is 25.2 Å². The first kappa shape index (κ1) is 21.5. The molecule has 8 nitrogen and oxygen atoms in total. The molecule has 1 saturated heterocycles. The van der Waals surface area contributed by atoms with E-state index in [2.05, 4.69) is 0 Å². The van der Waals surface area contributed by atoms with Crippen LogP contribution in [0.5, 0.6) is 5.75 Å². The van der Waals surface area contributed by atoms with Crippen LogP contribution in [0.15, 0.2) is 54.2 Å². The van der Waals surface area contributed by atoms with Crippen molar-refractivity contribution in [1.29, 1.82) is 0 Å². The third-order valence-electron chi connectivity index (χ3n) is 5.67. The van der Waals surface area contributed by atoms with E-state index in [0.717, 1.165) is 25.7 Å². The SMILES string of the molecule is CCCOc1ccccc1N1C(=O)C(c2ccc([N+](=O)[O-])cc2)=C(N2CCCCC2)C1=O. The van der Waals surface area contributed by atoms with Gasteiger partial charge in [-0.2, -0.15) is 0 Å². The Morgan fingerprint density at radius 2 is 1.66 bits per heavy atom. The van der Waals surface area contributed by atoms with Gasteiger partial charge in [-0.05, 0) is 55.5 Å². The van der Waals surface area contributed by atoms with Crippen LogP contribution < -0.4 is 9.64 Å². The normalized spacial score (nSPS) is 16.7. The highest BCUT2D eigenvalue weighted by atomic mass is 16.6. The average molecular weight is 435 g/mol. The molecule has 0 atom stereocenters. The number of carbonyl (C=O) groups is 2. The van der Waals surface area contributed by atoms with Crippen molar-refractivity contribution < 1.29 is 19.2 Å². The number of rotatable bonds is 7. The summed E-state index contributed by atoms with van der Waals surface area (Å²) in [4.78, 5) is 41.0. The van der Waals surface area contributed by atoms with Crippen LogP contribution in [-0.4, -0.2) is 41.3 Å². The molecular weight excluding hydrogens is 410 g/mol. The van der Waals surface area contributed by atoms with Gasteiger partial charge in [-0.15, -0.1) is 0 Å². The van der Waals surface area contributed by atoms with E-state index in [1.54, 1.807) is 24.3 Å². The lowest BCUT2D eigenvalue weighted by Gasteiger charge is -2.29. The van der Waals surface area contributed by atoms with E-state index in [1.165, 1.54) is 29.2 Å². The first-order valence-electron chi connectivity index (χ1n) is 10.9. The highest BCUT2D eigenvalue weighted by Crippen LogP contribution is 2.39. The molecule has 4 rings (SSSR count). The minimum absolute atomic E-state index is 0.0687. The average Bonchev–Trinajstić information content (AvgIpc) is 3.08. The van der Waals surface area contributed by atoms with E-state index < -0.39 is 16.7 Å². The van der Waals surface area contributed by atoms with Crippen LogP contribution in [0.1, 0.15) is 38.2 Å². The number of imide groups is 1. The molecule has 0 radical (unpaired) electrons. The summed E-state index contributed by atoms with van der Waals surface area (Å²) in [5.41, 5.74) is 1.46. The standard InChI is InChI=1S/C24H25N3O5/c1-2-16-32-20-9-5-4-8-19(20)26-23(28)21(17-10-12-18(13-11-17)27(30)31)22(24(26)29)25-14-6-3-7-15-25/h4-5,8-13H,2-3,6-7,14-16H2,1H3. The second kappa shape index (κ2) is 9.21. The second-order valence-electron chi connectivity index (χ2n) is 7.84. The maximum absolute atomic E-state index is 13.6. The number of piperidine rings is 1. The van der Waals surface area contributed by atoms with Crippen molar-refractivity contribution in [3.05, 3.63) is 69.9 Å². The smallest absolute Gasteiger partial charge is 0.282 e. The van der Waals surface area contributed by atoms with Gasteiger partial charge in [0.15, 0.2) is 0 Å². The van der Waals surface area contributed by atoms with E-state index in [9.17, 15) is 19.7 Å². The Balaban J connectivity index is 1.79. The van der Waals surface area contributed by atoms with E-state index in [0.29, 0.717) is 42.4 Å². The molecular formula is C24H25N3O5. The molecule has 0 unspecified atom stereocenters. The molecule has 32 heavy (non-hydrogen) atoms. The Hall–Kier alpha value is -3.68. The van der Waals surface area contributed by atoms with Crippen LogP contribution in [0.25, 0.3) is 5.57 Å². The molecule has 0 bridgehead atoms. The van der Waals surface area contributed by atoms with E-state index in [4.69, 9.17) is 4.74 Å². The zero-order valence-electron chi connectivity index (χ0n) is 18.0. The highest BCUT2D eigenvalue weighted by molar-refractivity contribution is 6.45. The van der Waals surface area contributed by atoms with Crippen LogP contribution in [0.3, 0.4) is 0 Å². The maximum atomic E-state index is 13.6. The van der Waals surface area contributed by atoms with Gasteiger partial charge in [-0.1, -0.05) is 19.1 Å². The number of nitrogens with zero attached hydrogens (tertiary/aromatic N) is 3. The summed E-state index contributed by atoms with van der Waals surface area (Å²) in [5, 5.41) is 11.1. The third kappa shape index (κ3) is 3.95. The molecule has 2 aromatic rings. The van der Waals surface area contributed by atoms with Crippen molar-refractivity contribution in [2.75, 3.05) is 24.6 Å². The minimum Gasteiger partial charge on any atom is -0.491 e. The molecule has 2 aromatic carbocycles. The number of likely N-dealkylation sites (tertiary alicyclic amines) is 1. The van der Waals surface area contributed by atoms with Crippen LogP contribution in [0.2, 0.25) is 0 Å². The lowest BCUT2D eigenvalue weighted by Crippen LogP contribution is -2.37. The van der Waals surface area contributed by atoms with E-state index in [1.807, 2.05) is 11.8 Å². The fraction of sp³-hybridized carbons (Fsp3) is 0.333. The molecule has 0 saturated carbocycles. The number of para-hydroxylation sites is 2. The number of nitro benzene ring substituents is 1. The topological polar surface area (TPSA) is 93.0 Å². The fourth-order valence-electron chi connectivity index (χ4n) is 4.13.